The smallest absolute Gasteiger partial charge is 0.244 e. The van der Waals surface area contributed by atoms with Crippen molar-refractivity contribution in [3.8, 4) is 0 Å². The molecule has 17 heavy (non-hydrogen) atoms. The zero-order valence-electron chi connectivity index (χ0n) is 10.7. The first-order valence-electron chi connectivity index (χ1n) is 5.69. The molecule has 2 aliphatic heterocycles. The summed E-state index contributed by atoms with van der Waals surface area (Å²) in [6.07, 6.45) is 3.27. The predicted octanol–water partition coefficient (Wildman–Crippen LogP) is 1.82. The summed E-state index contributed by atoms with van der Waals surface area (Å²) in [6, 6.07) is 0. The van der Waals surface area contributed by atoms with Crippen molar-refractivity contribution in [2.75, 3.05) is 13.1 Å². The van der Waals surface area contributed by atoms with Gasteiger partial charge in [0.2, 0.25) is 11.6 Å². The highest BCUT2D eigenvalue weighted by molar-refractivity contribution is 5.01. The van der Waals surface area contributed by atoms with E-state index < -0.39 is 11.6 Å². The fourth-order valence-corrected chi connectivity index (χ4v) is 1.61. The predicted molar refractivity (Wildman–Crippen MR) is 61.5 cm³/mol. The largest absolute Gasteiger partial charge is 0.457 e. The Balaban J connectivity index is 1.68. The highest BCUT2D eigenvalue weighted by Gasteiger charge is 2.29. The van der Waals surface area contributed by atoms with Crippen molar-refractivity contribution in [1.29, 1.82) is 0 Å². The van der Waals surface area contributed by atoms with Crippen molar-refractivity contribution < 1.29 is 18.9 Å². The number of ether oxygens (including phenoxy) is 4. The summed E-state index contributed by atoms with van der Waals surface area (Å²) in [6.45, 7) is 8.69. The van der Waals surface area contributed by atoms with Gasteiger partial charge in [-0.15, -0.1) is 0 Å². The van der Waals surface area contributed by atoms with E-state index in [4.69, 9.17) is 18.9 Å². The van der Waals surface area contributed by atoms with E-state index in [0.717, 1.165) is 11.5 Å². The molecule has 0 saturated carbocycles. The molecule has 0 aromatic heterocycles. The summed E-state index contributed by atoms with van der Waals surface area (Å²) in [5.41, 5.74) is 0. The molecular formula is C12H19NO4. The highest BCUT2D eigenvalue weighted by atomic mass is 16.7. The minimum atomic E-state index is -0.550. The van der Waals surface area contributed by atoms with Crippen LogP contribution in [0.3, 0.4) is 0 Å². The molecule has 0 aromatic rings. The summed E-state index contributed by atoms with van der Waals surface area (Å²) in [5.74, 6) is 0.471. The van der Waals surface area contributed by atoms with Gasteiger partial charge in [0.25, 0.3) is 0 Å². The van der Waals surface area contributed by atoms with Gasteiger partial charge in [0, 0.05) is 27.7 Å². The lowest BCUT2D eigenvalue weighted by molar-refractivity contribution is -0.118. The number of hydrogen-bond donors (Lipinski definition) is 1. The quantitative estimate of drug-likeness (QED) is 0.813. The third kappa shape index (κ3) is 3.30. The van der Waals surface area contributed by atoms with Crippen LogP contribution in [0.15, 0.2) is 24.0 Å². The van der Waals surface area contributed by atoms with Crippen molar-refractivity contribution in [2.45, 2.75) is 39.3 Å². The summed E-state index contributed by atoms with van der Waals surface area (Å²) in [7, 11) is 0. The Hall–Kier alpha value is -1.36. The van der Waals surface area contributed by atoms with E-state index in [2.05, 4.69) is 5.32 Å². The van der Waals surface area contributed by atoms with E-state index in [-0.39, 0.29) is 0 Å². The Morgan fingerprint density at radius 1 is 0.882 bits per heavy atom. The Labute approximate surface area is 101 Å². The van der Waals surface area contributed by atoms with Crippen LogP contribution in [0, 0.1) is 0 Å². The normalized spacial score (nSPS) is 24.0. The molecule has 5 heteroatoms. The zero-order chi connectivity index (χ0) is 12.5. The Kier molecular flexibility index (Phi) is 2.95. The van der Waals surface area contributed by atoms with E-state index in [1.807, 2.05) is 27.7 Å². The molecule has 2 heterocycles. The van der Waals surface area contributed by atoms with Gasteiger partial charge < -0.3 is 24.3 Å². The molecule has 0 unspecified atom stereocenters. The van der Waals surface area contributed by atoms with Gasteiger partial charge in [-0.3, -0.25) is 0 Å². The van der Waals surface area contributed by atoms with Crippen LogP contribution in [-0.4, -0.2) is 24.7 Å². The molecule has 0 atom stereocenters. The minimum Gasteiger partial charge on any atom is -0.457 e. The number of hydrogen-bond acceptors (Lipinski definition) is 5. The van der Waals surface area contributed by atoms with Crippen molar-refractivity contribution in [1.82, 2.24) is 5.32 Å². The van der Waals surface area contributed by atoms with Crippen LogP contribution < -0.4 is 5.32 Å². The third-order valence-corrected chi connectivity index (χ3v) is 2.30. The maximum absolute atomic E-state index is 5.54. The maximum atomic E-state index is 5.54. The molecule has 0 aromatic carbocycles. The molecule has 0 saturated heterocycles. The van der Waals surface area contributed by atoms with Gasteiger partial charge in [-0.25, -0.2) is 0 Å². The second-order valence-corrected chi connectivity index (χ2v) is 5.01. The SMILES string of the molecule is CC1(C)OC=C(CNCC2=COC(C)(C)O2)O1. The highest BCUT2D eigenvalue weighted by Crippen LogP contribution is 2.25. The van der Waals surface area contributed by atoms with Crippen LogP contribution in [0.1, 0.15) is 27.7 Å². The molecule has 1 N–H and O–H groups in total. The summed E-state index contributed by atoms with van der Waals surface area (Å²) >= 11 is 0. The van der Waals surface area contributed by atoms with Gasteiger partial charge in [0.05, 0.1) is 13.1 Å². The zero-order valence-corrected chi connectivity index (χ0v) is 10.7. The molecule has 0 bridgehead atoms. The topological polar surface area (TPSA) is 49.0 Å². The van der Waals surface area contributed by atoms with Gasteiger partial charge in [0.15, 0.2) is 0 Å². The van der Waals surface area contributed by atoms with E-state index in [0.29, 0.717) is 13.1 Å². The van der Waals surface area contributed by atoms with E-state index in [1.165, 1.54) is 0 Å². The fraction of sp³-hybridized carbons (Fsp3) is 0.667. The summed E-state index contributed by atoms with van der Waals surface area (Å²) in [5, 5.41) is 3.20. The molecule has 0 amide bonds. The van der Waals surface area contributed by atoms with Crippen molar-refractivity contribution in [3.63, 3.8) is 0 Å². The minimum absolute atomic E-state index is 0.550. The van der Waals surface area contributed by atoms with Crippen LogP contribution in [-0.2, 0) is 18.9 Å². The maximum Gasteiger partial charge on any atom is 0.244 e. The van der Waals surface area contributed by atoms with Gasteiger partial charge >= 0.3 is 0 Å². The second kappa shape index (κ2) is 4.14. The average Bonchev–Trinajstić information content (AvgIpc) is 2.70. The molecule has 2 rings (SSSR count). The lowest BCUT2D eigenvalue weighted by atomic mass is 10.4. The first kappa shape index (κ1) is 12.1. The first-order valence-corrected chi connectivity index (χ1v) is 5.69. The molecule has 0 spiro atoms. The van der Waals surface area contributed by atoms with Crippen LogP contribution in [0.2, 0.25) is 0 Å². The standard InChI is InChI=1S/C12H19NO4/c1-11(2)14-7-9(16-11)5-13-6-10-8-15-12(3,4)17-10/h7-8,13H,5-6H2,1-4H3. The van der Waals surface area contributed by atoms with E-state index in [1.54, 1.807) is 12.5 Å². The van der Waals surface area contributed by atoms with Gasteiger partial charge in [-0.1, -0.05) is 0 Å². The van der Waals surface area contributed by atoms with Crippen molar-refractivity contribution in [2.24, 2.45) is 0 Å². The van der Waals surface area contributed by atoms with Crippen LogP contribution >= 0.6 is 0 Å². The molecule has 96 valence electrons. The molecular weight excluding hydrogens is 222 g/mol. The van der Waals surface area contributed by atoms with Gasteiger partial charge in [-0.05, 0) is 0 Å². The van der Waals surface area contributed by atoms with Gasteiger partial charge in [0.1, 0.15) is 24.0 Å². The Morgan fingerprint density at radius 3 is 1.59 bits per heavy atom. The van der Waals surface area contributed by atoms with Crippen LogP contribution in [0.5, 0.6) is 0 Å². The summed E-state index contributed by atoms with van der Waals surface area (Å²) in [4.78, 5) is 0. The lowest BCUT2D eigenvalue weighted by Crippen LogP contribution is -2.26. The van der Waals surface area contributed by atoms with E-state index >= 15 is 0 Å². The van der Waals surface area contributed by atoms with Crippen LogP contribution in [0.4, 0.5) is 0 Å². The van der Waals surface area contributed by atoms with E-state index in [9.17, 15) is 0 Å². The molecule has 0 radical (unpaired) electrons. The van der Waals surface area contributed by atoms with Crippen molar-refractivity contribution in [3.05, 3.63) is 24.0 Å². The summed E-state index contributed by atoms with van der Waals surface area (Å²) < 4.78 is 21.7. The van der Waals surface area contributed by atoms with Crippen LogP contribution in [0.25, 0.3) is 0 Å². The Morgan fingerprint density at radius 2 is 1.29 bits per heavy atom. The first-order chi connectivity index (χ1) is 7.86. The molecule has 0 fully saturated rings. The lowest BCUT2D eigenvalue weighted by Gasteiger charge is -2.19. The van der Waals surface area contributed by atoms with Gasteiger partial charge in [-0.2, -0.15) is 0 Å². The molecule has 2 aliphatic rings. The second-order valence-electron chi connectivity index (χ2n) is 5.01. The third-order valence-electron chi connectivity index (χ3n) is 2.30. The number of rotatable bonds is 4. The number of nitrogens with one attached hydrogen (secondary N) is 1. The monoisotopic (exact) mass is 241 g/mol. The molecule has 0 aliphatic carbocycles. The fourth-order valence-electron chi connectivity index (χ4n) is 1.61. The van der Waals surface area contributed by atoms with Crippen molar-refractivity contribution >= 4 is 0 Å². The average molecular weight is 241 g/mol. The molecule has 5 nitrogen and oxygen atoms in total. The Bertz CT molecular complexity index is 324.